The molecule has 148 valence electrons. The number of aromatic nitrogens is 4. The van der Waals surface area contributed by atoms with Gasteiger partial charge in [0.05, 0.1) is 5.69 Å². The van der Waals surface area contributed by atoms with Crippen LogP contribution in [0.2, 0.25) is 0 Å². The molecule has 3 N–H and O–H groups in total. The molecule has 0 radical (unpaired) electrons. The summed E-state index contributed by atoms with van der Waals surface area (Å²) in [6.07, 6.45) is 1.33. The Morgan fingerprint density at radius 1 is 0.967 bits per heavy atom. The van der Waals surface area contributed by atoms with Crippen LogP contribution in [0.3, 0.4) is 0 Å². The van der Waals surface area contributed by atoms with Gasteiger partial charge in [0.25, 0.3) is 5.91 Å². The number of rotatable bonds is 5. The minimum Gasteiger partial charge on any atom is -0.340 e. The van der Waals surface area contributed by atoms with Crippen molar-refractivity contribution in [2.75, 3.05) is 10.6 Å². The second-order valence-corrected chi connectivity index (χ2v) is 6.50. The van der Waals surface area contributed by atoms with E-state index >= 15 is 0 Å². The lowest BCUT2D eigenvalue weighted by Gasteiger charge is -2.10. The predicted molar refractivity (Wildman–Crippen MR) is 115 cm³/mol. The Morgan fingerprint density at radius 3 is 2.60 bits per heavy atom. The van der Waals surface area contributed by atoms with Gasteiger partial charge in [0.15, 0.2) is 0 Å². The molecular formula is C22H18N6O2. The van der Waals surface area contributed by atoms with Crippen LogP contribution in [0.25, 0.3) is 11.3 Å². The lowest BCUT2D eigenvalue weighted by Crippen LogP contribution is -2.17. The molecule has 0 atom stereocenters. The first-order chi connectivity index (χ1) is 14.6. The summed E-state index contributed by atoms with van der Waals surface area (Å²) in [5, 5.41) is 5.87. The van der Waals surface area contributed by atoms with Crippen molar-refractivity contribution < 1.29 is 4.79 Å². The van der Waals surface area contributed by atoms with Gasteiger partial charge in [-0.05, 0) is 31.2 Å². The summed E-state index contributed by atoms with van der Waals surface area (Å²) in [4.78, 5) is 38.7. The number of nitrogens with zero attached hydrogens (tertiary/aromatic N) is 3. The Hall–Kier alpha value is -4.33. The first-order valence-electron chi connectivity index (χ1n) is 9.22. The Kier molecular flexibility index (Phi) is 5.29. The molecule has 2 aromatic heterocycles. The summed E-state index contributed by atoms with van der Waals surface area (Å²) >= 11 is 0. The van der Waals surface area contributed by atoms with Crippen molar-refractivity contribution in [2.24, 2.45) is 0 Å². The van der Waals surface area contributed by atoms with E-state index in [0.717, 1.165) is 11.3 Å². The quantitative estimate of drug-likeness (QED) is 0.474. The number of aryl methyl sites for hydroxylation is 1. The summed E-state index contributed by atoms with van der Waals surface area (Å²) in [5.74, 6) is 1.17. The van der Waals surface area contributed by atoms with Crippen LogP contribution in [-0.4, -0.2) is 25.8 Å². The number of amides is 1. The van der Waals surface area contributed by atoms with Crippen molar-refractivity contribution in [3.05, 3.63) is 94.8 Å². The van der Waals surface area contributed by atoms with E-state index in [1.165, 1.54) is 12.3 Å². The number of H-pyrrole nitrogens is 1. The maximum Gasteiger partial charge on any atom is 0.346 e. The number of anilines is 3. The van der Waals surface area contributed by atoms with E-state index < -0.39 is 5.69 Å². The SMILES string of the molecule is Cc1nc(Nc2cccc(C(=O)Nc3ccnc(=O)[nH]3)c2)cc(-c2ccccc2)n1. The third-order valence-electron chi connectivity index (χ3n) is 4.23. The minimum absolute atomic E-state index is 0.275. The van der Waals surface area contributed by atoms with Gasteiger partial charge in [-0.25, -0.2) is 19.7 Å². The van der Waals surface area contributed by atoms with Gasteiger partial charge in [0.1, 0.15) is 17.5 Å². The van der Waals surface area contributed by atoms with Gasteiger partial charge in [0.2, 0.25) is 0 Å². The van der Waals surface area contributed by atoms with Crippen molar-refractivity contribution in [3.8, 4) is 11.3 Å². The van der Waals surface area contributed by atoms with E-state index in [-0.39, 0.29) is 11.7 Å². The topological polar surface area (TPSA) is 113 Å². The summed E-state index contributed by atoms with van der Waals surface area (Å²) < 4.78 is 0. The molecule has 30 heavy (non-hydrogen) atoms. The minimum atomic E-state index is -0.531. The van der Waals surface area contributed by atoms with Crippen LogP contribution in [0, 0.1) is 6.92 Å². The van der Waals surface area contributed by atoms with Crippen LogP contribution in [0.4, 0.5) is 17.3 Å². The summed E-state index contributed by atoms with van der Waals surface area (Å²) in [6.45, 7) is 1.83. The Balaban J connectivity index is 1.55. The molecule has 4 aromatic rings. The molecule has 0 aliphatic heterocycles. The van der Waals surface area contributed by atoms with Crippen LogP contribution >= 0.6 is 0 Å². The Bertz CT molecular complexity index is 1250. The molecule has 0 saturated heterocycles. The van der Waals surface area contributed by atoms with Gasteiger partial charge >= 0.3 is 5.69 Å². The standard InChI is InChI=1S/C22H18N6O2/c1-14-24-18(15-6-3-2-4-7-15)13-20(25-14)26-17-9-5-8-16(12-17)21(29)27-19-10-11-23-22(30)28-19/h2-13H,1H3,(H,24,25,26)(H2,23,27,28,29,30). The maximum absolute atomic E-state index is 12.5. The lowest BCUT2D eigenvalue weighted by molar-refractivity contribution is 0.102. The van der Waals surface area contributed by atoms with Gasteiger partial charge < -0.3 is 10.6 Å². The molecule has 0 spiro atoms. The van der Waals surface area contributed by atoms with Crippen molar-refractivity contribution in [2.45, 2.75) is 6.92 Å². The van der Waals surface area contributed by atoms with E-state index in [4.69, 9.17) is 0 Å². The molecule has 0 aliphatic carbocycles. The summed E-state index contributed by atoms with van der Waals surface area (Å²) in [5.41, 5.74) is 2.39. The van der Waals surface area contributed by atoms with Crippen LogP contribution in [0.5, 0.6) is 0 Å². The van der Waals surface area contributed by atoms with Crippen LogP contribution in [0.1, 0.15) is 16.2 Å². The fourth-order valence-electron chi connectivity index (χ4n) is 2.91. The van der Waals surface area contributed by atoms with E-state index in [1.807, 2.05) is 49.4 Å². The molecule has 0 fully saturated rings. The third-order valence-corrected chi connectivity index (χ3v) is 4.23. The Labute approximate surface area is 172 Å². The number of carbonyl (C=O) groups is 1. The number of nitrogens with one attached hydrogen (secondary N) is 3. The molecule has 0 saturated carbocycles. The third kappa shape index (κ3) is 4.56. The highest BCUT2D eigenvalue weighted by atomic mass is 16.2. The van der Waals surface area contributed by atoms with Gasteiger partial charge in [-0.3, -0.25) is 9.78 Å². The smallest absolute Gasteiger partial charge is 0.340 e. The van der Waals surface area contributed by atoms with E-state index in [1.54, 1.807) is 18.2 Å². The lowest BCUT2D eigenvalue weighted by atomic mass is 10.1. The largest absolute Gasteiger partial charge is 0.346 e. The molecule has 0 aliphatic rings. The van der Waals surface area contributed by atoms with Gasteiger partial charge in [0, 0.05) is 29.1 Å². The number of hydrogen-bond donors (Lipinski definition) is 3. The van der Waals surface area contributed by atoms with Crippen molar-refractivity contribution in [1.29, 1.82) is 0 Å². The van der Waals surface area contributed by atoms with E-state index in [9.17, 15) is 9.59 Å². The van der Waals surface area contributed by atoms with E-state index in [0.29, 0.717) is 22.9 Å². The van der Waals surface area contributed by atoms with Crippen molar-refractivity contribution in [1.82, 2.24) is 19.9 Å². The molecule has 4 rings (SSSR count). The second kappa shape index (κ2) is 8.36. The monoisotopic (exact) mass is 398 g/mol. The maximum atomic E-state index is 12.5. The summed E-state index contributed by atoms with van der Waals surface area (Å²) in [7, 11) is 0. The highest BCUT2D eigenvalue weighted by molar-refractivity contribution is 6.04. The zero-order chi connectivity index (χ0) is 20.9. The zero-order valence-electron chi connectivity index (χ0n) is 16.1. The van der Waals surface area contributed by atoms with Crippen molar-refractivity contribution in [3.63, 3.8) is 0 Å². The first kappa shape index (κ1) is 19.0. The average Bonchev–Trinajstić information content (AvgIpc) is 2.74. The number of benzene rings is 2. The van der Waals surface area contributed by atoms with E-state index in [2.05, 4.69) is 30.6 Å². The highest BCUT2D eigenvalue weighted by Gasteiger charge is 2.09. The molecule has 2 heterocycles. The zero-order valence-corrected chi connectivity index (χ0v) is 16.1. The normalized spacial score (nSPS) is 10.4. The molecule has 1 amide bonds. The fraction of sp³-hybridized carbons (Fsp3) is 0.0455. The Morgan fingerprint density at radius 2 is 1.80 bits per heavy atom. The number of carbonyl (C=O) groups excluding carboxylic acids is 1. The molecule has 8 nitrogen and oxygen atoms in total. The van der Waals surface area contributed by atoms with Gasteiger partial charge in [-0.15, -0.1) is 0 Å². The van der Waals surface area contributed by atoms with Crippen molar-refractivity contribution >= 4 is 23.2 Å². The molecule has 2 aromatic carbocycles. The molecule has 0 bridgehead atoms. The average molecular weight is 398 g/mol. The number of aromatic amines is 1. The second-order valence-electron chi connectivity index (χ2n) is 6.50. The number of hydrogen-bond acceptors (Lipinski definition) is 6. The van der Waals surface area contributed by atoms with Gasteiger partial charge in [-0.2, -0.15) is 0 Å². The molecule has 8 heteroatoms. The van der Waals surface area contributed by atoms with Crippen LogP contribution in [-0.2, 0) is 0 Å². The predicted octanol–water partition coefficient (Wildman–Crippen LogP) is 3.53. The molecule has 0 unspecified atom stereocenters. The van der Waals surface area contributed by atoms with Crippen LogP contribution in [0.15, 0.2) is 77.7 Å². The summed E-state index contributed by atoms with van der Waals surface area (Å²) in [6, 6.07) is 20.2. The fourth-order valence-corrected chi connectivity index (χ4v) is 2.91. The van der Waals surface area contributed by atoms with Gasteiger partial charge in [-0.1, -0.05) is 36.4 Å². The molecular weight excluding hydrogens is 380 g/mol. The van der Waals surface area contributed by atoms with Crippen LogP contribution < -0.4 is 16.3 Å². The highest BCUT2D eigenvalue weighted by Crippen LogP contribution is 2.22. The first-order valence-corrected chi connectivity index (χ1v) is 9.22.